The molecule has 212 valence electrons. The molecule has 9 nitrogen and oxygen atoms in total. The molecule has 0 spiro atoms. The molecule has 2 saturated heterocycles. The molecule has 0 aliphatic carbocycles. The number of piperazine rings is 1. The number of fused-ring (bicyclic) bond motifs is 2. The summed E-state index contributed by atoms with van der Waals surface area (Å²) in [4.78, 5) is 28.6. The van der Waals surface area contributed by atoms with E-state index in [0.29, 0.717) is 44.8 Å². The molecular weight excluding hydrogens is 538 g/mol. The highest BCUT2D eigenvalue weighted by Gasteiger charge is 2.33. The first-order valence-corrected chi connectivity index (χ1v) is 14.7. The number of rotatable bonds is 7. The Morgan fingerprint density at radius 2 is 2.05 bits per heavy atom. The van der Waals surface area contributed by atoms with Gasteiger partial charge in [-0.1, -0.05) is 42.4 Å². The number of aromatic nitrogens is 2. The molecule has 3 aliphatic heterocycles. The summed E-state index contributed by atoms with van der Waals surface area (Å²) < 4.78 is 6.19. The molecule has 1 amide bonds. The molecule has 0 unspecified atom stereocenters. The Morgan fingerprint density at radius 3 is 2.83 bits per heavy atom. The zero-order valence-corrected chi connectivity index (χ0v) is 23.8. The summed E-state index contributed by atoms with van der Waals surface area (Å²) in [5, 5.41) is 15.8. The summed E-state index contributed by atoms with van der Waals surface area (Å²) in [5.74, 6) is 0.695. The van der Waals surface area contributed by atoms with Gasteiger partial charge in [-0.15, -0.1) is 0 Å². The molecule has 2 aromatic carbocycles. The number of nitriles is 1. The van der Waals surface area contributed by atoms with Crippen molar-refractivity contribution in [2.75, 3.05) is 49.1 Å². The lowest BCUT2D eigenvalue weighted by molar-refractivity contribution is -0.128. The predicted molar refractivity (Wildman–Crippen MR) is 160 cm³/mol. The maximum Gasteiger partial charge on any atom is 0.318 e. The third-order valence-electron chi connectivity index (χ3n) is 8.34. The second kappa shape index (κ2) is 11.9. The average molecular weight is 572 g/mol. The van der Waals surface area contributed by atoms with Crippen LogP contribution in [0.25, 0.3) is 10.8 Å². The molecule has 4 heterocycles. The highest BCUT2D eigenvalue weighted by atomic mass is 35.5. The van der Waals surface area contributed by atoms with E-state index in [9.17, 15) is 10.1 Å². The fraction of sp³-hybridized carbons (Fsp3) is 0.419. The molecule has 0 bridgehead atoms. The molecule has 3 aliphatic rings. The van der Waals surface area contributed by atoms with E-state index in [0.717, 1.165) is 70.9 Å². The zero-order chi connectivity index (χ0) is 28.3. The summed E-state index contributed by atoms with van der Waals surface area (Å²) in [6.07, 6.45) is 4.54. The standard InChI is InChI=1S/C31H34ClN7O2/c1-2-28(40)39-17-16-38(18-23(39)11-13-33)30-24-12-15-37(27-10-4-7-21-6-3-9-25(32)29(21)27)19-26(24)35-31(36-30)41-20-22-8-5-14-34-22/h2-4,6-7,9-10,22-23,34H,1,5,8,11-12,14-20H2/t22-,23-/m0/s1. The smallest absolute Gasteiger partial charge is 0.318 e. The van der Waals surface area contributed by atoms with Crippen LogP contribution in [0.5, 0.6) is 6.01 Å². The minimum atomic E-state index is -0.241. The normalized spacial score (nSPS) is 20.5. The molecule has 1 aromatic heterocycles. The van der Waals surface area contributed by atoms with Crippen LogP contribution < -0.4 is 19.9 Å². The van der Waals surface area contributed by atoms with E-state index in [-0.39, 0.29) is 18.4 Å². The fourth-order valence-electron chi connectivity index (χ4n) is 6.27. The number of halogens is 1. The van der Waals surface area contributed by atoms with Crippen LogP contribution in [0, 0.1) is 11.3 Å². The molecule has 0 radical (unpaired) electrons. The first kappa shape index (κ1) is 27.3. The van der Waals surface area contributed by atoms with E-state index in [4.69, 9.17) is 26.3 Å². The summed E-state index contributed by atoms with van der Waals surface area (Å²) in [6.45, 7) is 8.17. The molecule has 0 saturated carbocycles. The maximum absolute atomic E-state index is 12.5. The number of benzene rings is 2. The Bertz CT molecular complexity index is 1490. The van der Waals surface area contributed by atoms with Crippen LogP contribution in [-0.4, -0.2) is 72.2 Å². The van der Waals surface area contributed by atoms with Crippen molar-refractivity contribution in [1.29, 1.82) is 5.26 Å². The second-order valence-electron chi connectivity index (χ2n) is 10.8. The number of carbonyl (C=O) groups excluding carboxylic acids is 1. The third-order valence-corrected chi connectivity index (χ3v) is 8.65. The minimum absolute atomic E-state index is 0.146. The summed E-state index contributed by atoms with van der Waals surface area (Å²) in [7, 11) is 0. The highest BCUT2D eigenvalue weighted by molar-refractivity contribution is 6.36. The van der Waals surface area contributed by atoms with Crippen molar-refractivity contribution in [3.05, 3.63) is 65.3 Å². The monoisotopic (exact) mass is 571 g/mol. The number of hydrogen-bond donors (Lipinski definition) is 1. The SMILES string of the molecule is C=CC(=O)N1CCN(c2nc(OC[C@@H]3CCCN3)nc3c2CCN(c2cccc4cccc(Cl)c24)C3)C[C@@H]1CC#N. The van der Waals surface area contributed by atoms with Crippen molar-refractivity contribution in [3.8, 4) is 12.1 Å². The van der Waals surface area contributed by atoms with Gasteiger partial charge in [0.25, 0.3) is 0 Å². The lowest BCUT2D eigenvalue weighted by Crippen LogP contribution is -2.55. The Labute approximate surface area is 245 Å². The Morgan fingerprint density at radius 1 is 1.20 bits per heavy atom. The van der Waals surface area contributed by atoms with Crippen molar-refractivity contribution < 1.29 is 9.53 Å². The van der Waals surface area contributed by atoms with Gasteiger partial charge in [0.05, 0.1) is 35.8 Å². The maximum atomic E-state index is 12.5. The average Bonchev–Trinajstić information content (AvgIpc) is 3.53. The van der Waals surface area contributed by atoms with Gasteiger partial charge in [-0.05, 0) is 49.4 Å². The molecule has 41 heavy (non-hydrogen) atoms. The van der Waals surface area contributed by atoms with Crippen LogP contribution in [0.15, 0.2) is 49.1 Å². The van der Waals surface area contributed by atoms with Gasteiger partial charge in [0.1, 0.15) is 12.4 Å². The molecule has 1 N–H and O–H groups in total. The number of amides is 1. The van der Waals surface area contributed by atoms with Crippen LogP contribution in [0.3, 0.4) is 0 Å². The molecule has 10 heteroatoms. The van der Waals surface area contributed by atoms with Gasteiger partial charge in [0, 0.05) is 48.9 Å². The van der Waals surface area contributed by atoms with Gasteiger partial charge in [0.15, 0.2) is 0 Å². The van der Waals surface area contributed by atoms with Gasteiger partial charge < -0.3 is 24.8 Å². The van der Waals surface area contributed by atoms with Gasteiger partial charge in [-0.2, -0.15) is 15.2 Å². The Kier molecular flexibility index (Phi) is 7.95. The zero-order valence-electron chi connectivity index (χ0n) is 23.1. The van der Waals surface area contributed by atoms with Crippen molar-refractivity contribution in [1.82, 2.24) is 20.2 Å². The van der Waals surface area contributed by atoms with Crippen molar-refractivity contribution >= 4 is 39.8 Å². The van der Waals surface area contributed by atoms with Crippen LogP contribution in [0.1, 0.15) is 30.5 Å². The number of nitrogens with zero attached hydrogens (tertiary/aromatic N) is 6. The topological polar surface area (TPSA) is 97.6 Å². The van der Waals surface area contributed by atoms with Gasteiger partial charge in [-0.25, -0.2) is 0 Å². The molecule has 2 fully saturated rings. The lowest BCUT2D eigenvalue weighted by Gasteiger charge is -2.42. The van der Waals surface area contributed by atoms with E-state index >= 15 is 0 Å². The third kappa shape index (κ3) is 5.54. The van der Waals surface area contributed by atoms with E-state index in [1.165, 1.54) is 6.08 Å². The minimum Gasteiger partial charge on any atom is -0.462 e. The van der Waals surface area contributed by atoms with Crippen LogP contribution in [0.4, 0.5) is 11.5 Å². The molecule has 2 atom stereocenters. The second-order valence-corrected chi connectivity index (χ2v) is 11.3. The summed E-state index contributed by atoms with van der Waals surface area (Å²) in [6, 6.07) is 14.9. The van der Waals surface area contributed by atoms with Gasteiger partial charge in [-0.3, -0.25) is 4.79 Å². The van der Waals surface area contributed by atoms with Crippen molar-refractivity contribution in [2.45, 2.75) is 44.3 Å². The number of ether oxygens (including phenoxy) is 1. The van der Waals surface area contributed by atoms with E-state index in [2.05, 4.69) is 52.0 Å². The van der Waals surface area contributed by atoms with Crippen LogP contribution >= 0.6 is 11.6 Å². The quantitative estimate of drug-likeness (QED) is 0.424. The Hall–Kier alpha value is -3.87. The van der Waals surface area contributed by atoms with Gasteiger partial charge >= 0.3 is 6.01 Å². The number of anilines is 2. The van der Waals surface area contributed by atoms with Crippen LogP contribution in [0.2, 0.25) is 5.02 Å². The summed E-state index contributed by atoms with van der Waals surface area (Å²) in [5.41, 5.74) is 3.11. The van der Waals surface area contributed by atoms with Crippen LogP contribution in [-0.2, 0) is 17.8 Å². The number of hydrogen-bond acceptors (Lipinski definition) is 8. The lowest BCUT2D eigenvalue weighted by atomic mass is 10.0. The van der Waals surface area contributed by atoms with E-state index < -0.39 is 0 Å². The molecular formula is C31H34ClN7O2. The number of carbonyl (C=O) groups is 1. The Balaban J connectivity index is 1.34. The number of nitrogens with one attached hydrogen (secondary N) is 1. The molecule has 3 aromatic rings. The highest BCUT2D eigenvalue weighted by Crippen LogP contribution is 2.37. The fourth-order valence-corrected chi connectivity index (χ4v) is 6.55. The summed E-state index contributed by atoms with van der Waals surface area (Å²) >= 11 is 6.68. The van der Waals surface area contributed by atoms with E-state index in [1.54, 1.807) is 4.90 Å². The van der Waals surface area contributed by atoms with Crippen molar-refractivity contribution in [2.24, 2.45) is 0 Å². The molecule has 6 rings (SSSR count). The van der Waals surface area contributed by atoms with Crippen molar-refractivity contribution in [3.63, 3.8) is 0 Å². The largest absolute Gasteiger partial charge is 0.462 e. The first-order chi connectivity index (χ1) is 20.1. The van der Waals surface area contributed by atoms with Gasteiger partial charge in [0.2, 0.25) is 5.91 Å². The first-order valence-electron chi connectivity index (χ1n) is 14.3. The van der Waals surface area contributed by atoms with E-state index in [1.807, 2.05) is 12.1 Å². The predicted octanol–water partition coefficient (Wildman–Crippen LogP) is 4.09.